The van der Waals surface area contributed by atoms with Crippen LogP contribution < -0.4 is 10.1 Å². The van der Waals surface area contributed by atoms with Gasteiger partial charge < -0.3 is 10.1 Å². The van der Waals surface area contributed by atoms with Gasteiger partial charge in [-0.15, -0.1) is 0 Å². The zero-order chi connectivity index (χ0) is 13.8. The number of halogens is 5. The van der Waals surface area contributed by atoms with E-state index in [0.717, 1.165) is 5.56 Å². The second kappa shape index (κ2) is 6.77. The summed E-state index contributed by atoms with van der Waals surface area (Å²) in [4.78, 5) is 0. The molecule has 0 aliphatic rings. The molecule has 1 N–H and O–H groups in total. The molecule has 1 aromatic rings. The number of benzene rings is 1. The van der Waals surface area contributed by atoms with E-state index in [9.17, 15) is 13.2 Å². The zero-order valence-corrected chi connectivity index (χ0v) is 12.7. The van der Waals surface area contributed by atoms with Gasteiger partial charge in [0.2, 0.25) is 0 Å². The standard InChI is InChI=1S/C11H12Br2F3NO/c1-2-18-10-8(12)3-7(4-9(10)13)5-17-6-11(14,15)16/h3-4,17H,2,5-6H2,1H3. The minimum Gasteiger partial charge on any atom is -0.492 e. The summed E-state index contributed by atoms with van der Waals surface area (Å²) < 4.78 is 42.7. The van der Waals surface area contributed by atoms with E-state index in [4.69, 9.17) is 4.74 Å². The molecule has 0 saturated heterocycles. The predicted octanol–water partition coefficient (Wildman–Crippen LogP) is 4.26. The van der Waals surface area contributed by atoms with Crippen LogP contribution in [-0.2, 0) is 6.54 Å². The van der Waals surface area contributed by atoms with Gasteiger partial charge in [-0.05, 0) is 56.5 Å². The minimum absolute atomic E-state index is 0.142. The lowest BCUT2D eigenvalue weighted by Crippen LogP contribution is -2.28. The maximum absolute atomic E-state index is 12.0. The molecule has 0 atom stereocenters. The molecule has 0 radical (unpaired) electrons. The number of hydrogen-bond acceptors (Lipinski definition) is 2. The van der Waals surface area contributed by atoms with Gasteiger partial charge in [0.1, 0.15) is 5.75 Å². The summed E-state index contributed by atoms with van der Waals surface area (Å²) in [5, 5.41) is 2.34. The summed E-state index contributed by atoms with van der Waals surface area (Å²) in [6.07, 6.45) is -4.19. The molecule has 18 heavy (non-hydrogen) atoms. The molecule has 2 nitrogen and oxygen atoms in total. The highest BCUT2D eigenvalue weighted by Gasteiger charge is 2.26. The molecule has 0 fully saturated rings. The van der Waals surface area contributed by atoms with E-state index >= 15 is 0 Å². The first-order chi connectivity index (χ1) is 8.33. The maximum atomic E-state index is 12.0. The second-order valence-corrected chi connectivity index (χ2v) is 5.25. The largest absolute Gasteiger partial charge is 0.492 e. The molecule has 1 aromatic carbocycles. The van der Waals surface area contributed by atoms with E-state index < -0.39 is 12.7 Å². The Labute approximate surface area is 120 Å². The molecule has 1 rings (SSSR count). The van der Waals surface area contributed by atoms with E-state index in [0.29, 0.717) is 21.3 Å². The molecule has 0 heterocycles. The topological polar surface area (TPSA) is 21.3 Å². The summed E-state index contributed by atoms with van der Waals surface area (Å²) >= 11 is 6.65. The van der Waals surface area contributed by atoms with Crippen LogP contribution in [0.5, 0.6) is 5.75 Å². The fraction of sp³-hybridized carbons (Fsp3) is 0.455. The second-order valence-electron chi connectivity index (χ2n) is 3.54. The van der Waals surface area contributed by atoms with Crippen LogP contribution in [0.25, 0.3) is 0 Å². The molecule has 0 aliphatic carbocycles. The van der Waals surface area contributed by atoms with Crippen LogP contribution in [0.4, 0.5) is 13.2 Å². The molecular formula is C11H12Br2F3NO. The van der Waals surface area contributed by atoms with Crippen LogP contribution in [-0.4, -0.2) is 19.3 Å². The van der Waals surface area contributed by atoms with Crippen molar-refractivity contribution >= 4 is 31.9 Å². The van der Waals surface area contributed by atoms with E-state index in [1.54, 1.807) is 12.1 Å². The lowest BCUT2D eigenvalue weighted by molar-refractivity contribution is -0.125. The lowest BCUT2D eigenvalue weighted by atomic mass is 10.2. The van der Waals surface area contributed by atoms with Crippen LogP contribution in [0.15, 0.2) is 21.1 Å². The van der Waals surface area contributed by atoms with Crippen molar-refractivity contribution in [3.8, 4) is 5.75 Å². The highest BCUT2D eigenvalue weighted by molar-refractivity contribution is 9.11. The Morgan fingerprint density at radius 1 is 1.22 bits per heavy atom. The molecule has 0 amide bonds. The Hall–Kier alpha value is -0.270. The van der Waals surface area contributed by atoms with Gasteiger partial charge in [-0.25, -0.2) is 0 Å². The highest BCUT2D eigenvalue weighted by Crippen LogP contribution is 2.34. The molecule has 0 aliphatic heterocycles. The zero-order valence-electron chi connectivity index (χ0n) is 9.57. The van der Waals surface area contributed by atoms with E-state index in [1.165, 1.54) is 0 Å². The van der Waals surface area contributed by atoms with E-state index in [1.807, 2.05) is 6.92 Å². The average molecular weight is 391 g/mol. The third-order valence-electron chi connectivity index (χ3n) is 2.00. The van der Waals surface area contributed by atoms with Crippen molar-refractivity contribution in [1.82, 2.24) is 5.32 Å². The summed E-state index contributed by atoms with van der Waals surface area (Å²) in [6, 6.07) is 3.47. The fourth-order valence-corrected chi connectivity index (χ4v) is 2.86. The molecule has 0 spiro atoms. The van der Waals surface area contributed by atoms with Crippen LogP contribution in [0, 0.1) is 0 Å². The van der Waals surface area contributed by atoms with Crippen LogP contribution >= 0.6 is 31.9 Å². The molecule has 0 unspecified atom stereocenters. The fourth-order valence-electron chi connectivity index (χ4n) is 1.35. The van der Waals surface area contributed by atoms with Gasteiger partial charge in [0.25, 0.3) is 0 Å². The van der Waals surface area contributed by atoms with Gasteiger partial charge in [0, 0.05) is 6.54 Å². The van der Waals surface area contributed by atoms with Crippen molar-refractivity contribution in [2.75, 3.05) is 13.2 Å². The third kappa shape index (κ3) is 5.16. The Morgan fingerprint density at radius 3 is 2.22 bits per heavy atom. The lowest BCUT2D eigenvalue weighted by Gasteiger charge is -2.12. The smallest absolute Gasteiger partial charge is 0.401 e. The van der Waals surface area contributed by atoms with Crippen molar-refractivity contribution < 1.29 is 17.9 Å². The van der Waals surface area contributed by atoms with Crippen molar-refractivity contribution in [1.29, 1.82) is 0 Å². The molecule has 102 valence electrons. The summed E-state index contributed by atoms with van der Waals surface area (Å²) in [5.74, 6) is 0.650. The van der Waals surface area contributed by atoms with Gasteiger partial charge >= 0.3 is 6.18 Å². The number of nitrogens with one attached hydrogen (secondary N) is 1. The number of hydrogen-bond donors (Lipinski definition) is 1. The van der Waals surface area contributed by atoms with Gasteiger partial charge in [0.05, 0.1) is 22.1 Å². The molecule has 7 heteroatoms. The predicted molar refractivity (Wildman–Crippen MR) is 70.8 cm³/mol. The highest BCUT2D eigenvalue weighted by atomic mass is 79.9. The summed E-state index contributed by atoms with van der Waals surface area (Å²) in [6.45, 7) is 1.51. The Morgan fingerprint density at radius 2 is 1.78 bits per heavy atom. The van der Waals surface area contributed by atoms with Gasteiger partial charge in [-0.2, -0.15) is 13.2 Å². The van der Waals surface area contributed by atoms with Crippen molar-refractivity contribution in [2.45, 2.75) is 19.6 Å². The van der Waals surface area contributed by atoms with E-state index in [-0.39, 0.29) is 6.54 Å². The quantitative estimate of drug-likeness (QED) is 0.810. The monoisotopic (exact) mass is 389 g/mol. The maximum Gasteiger partial charge on any atom is 0.401 e. The molecular weight excluding hydrogens is 379 g/mol. The van der Waals surface area contributed by atoms with Crippen LogP contribution in [0.3, 0.4) is 0 Å². The number of ether oxygens (including phenoxy) is 1. The van der Waals surface area contributed by atoms with Crippen LogP contribution in [0.1, 0.15) is 12.5 Å². The van der Waals surface area contributed by atoms with Gasteiger partial charge in [-0.1, -0.05) is 0 Å². The van der Waals surface area contributed by atoms with Crippen molar-refractivity contribution in [3.63, 3.8) is 0 Å². The van der Waals surface area contributed by atoms with Gasteiger partial charge in [0.15, 0.2) is 0 Å². The Balaban J connectivity index is 2.68. The Kier molecular flexibility index (Phi) is 5.94. The van der Waals surface area contributed by atoms with Crippen molar-refractivity contribution in [2.24, 2.45) is 0 Å². The van der Waals surface area contributed by atoms with Gasteiger partial charge in [-0.3, -0.25) is 0 Å². The summed E-state index contributed by atoms with van der Waals surface area (Å²) in [5.41, 5.74) is 0.737. The average Bonchev–Trinajstić information content (AvgIpc) is 2.21. The first kappa shape index (κ1) is 15.8. The first-order valence-corrected chi connectivity index (χ1v) is 6.80. The van der Waals surface area contributed by atoms with E-state index in [2.05, 4.69) is 37.2 Å². The molecule has 0 saturated carbocycles. The van der Waals surface area contributed by atoms with Crippen LogP contribution in [0.2, 0.25) is 0 Å². The first-order valence-electron chi connectivity index (χ1n) is 5.21. The molecule has 0 bridgehead atoms. The molecule has 0 aromatic heterocycles. The summed E-state index contributed by atoms with van der Waals surface area (Å²) in [7, 11) is 0. The normalized spacial score (nSPS) is 11.7. The third-order valence-corrected chi connectivity index (χ3v) is 3.18. The Bertz CT molecular complexity index is 387. The number of alkyl halides is 3. The number of rotatable bonds is 5. The SMILES string of the molecule is CCOc1c(Br)cc(CNCC(F)(F)F)cc1Br. The minimum atomic E-state index is -4.19. The van der Waals surface area contributed by atoms with Crippen molar-refractivity contribution in [3.05, 3.63) is 26.6 Å².